The molecular weight excluding hydrogens is 275 g/mol. The molecule has 1 atom stereocenters. The molecule has 6 heteroatoms. The molecule has 1 aromatic heterocycles. The lowest BCUT2D eigenvalue weighted by Gasteiger charge is -2.11. The number of amides is 1. The van der Waals surface area contributed by atoms with Gasteiger partial charge in [-0.05, 0) is 18.1 Å². The number of fused-ring (bicyclic) bond motifs is 1. The Morgan fingerprint density at radius 2 is 2.39 bits per heavy atom. The molecule has 1 aliphatic heterocycles. The average molecular weight is 285 g/mol. The summed E-state index contributed by atoms with van der Waals surface area (Å²) in [6.07, 6.45) is 0.446. The van der Waals surface area contributed by atoms with Crippen molar-refractivity contribution < 1.29 is 9.18 Å². The van der Waals surface area contributed by atoms with Crippen molar-refractivity contribution in [3.05, 3.63) is 24.0 Å². The minimum Gasteiger partial charge on any atom is -0.288 e. The summed E-state index contributed by atoms with van der Waals surface area (Å²) in [6.45, 7) is 0.573. The van der Waals surface area contributed by atoms with E-state index in [0.29, 0.717) is 29.5 Å². The Kier molecular flexibility index (Phi) is 2.95. The highest BCUT2D eigenvalue weighted by atomic mass is 35.5. The lowest BCUT2D eigenvalue weighted by molar-refractivity contribution is -0.117. The fraction of sp³-hybridized carbons (Fsp3) is 0.333. The number of thiazole rings is 1. The number of carbonyl (C=O) groups is 1. The minimum absolute atomic E-state index is 0.0140. The number of hydrogen-bond donors (Lipinski definition) is 0. The van der Waals surface area contributed by atoms with Crippen LogP contribution in [0.2, 0.25) is 0 Å². The van der Waals surface area contributed by atoms with Crippen LogP contribution in [-0.4, -0.2) is 23.3 Å². The number of hydrogen-bond acceptors (Lipinski definition) is 3. The smallest absolute Gasteiger partial charge is 0.229 e. The topological polar surface area (TPSA) is 33.2 Å². The standard InChI is InChI=1S/C12H10ClFN2OS/c13-5-7-4-10(17)16(6-7)12-15-11-8(14)2-1-3-9(11)18-12/h1-3,7H,4-6H2. The second-order valence-corrected chi connectivity index (χ2v) is 5.63. The molecule has 0 radical (unpaired) electrons. The molecule has 1 aliphatic rings. The number of carbonyl (C=O) groups excluding carboxylic acids is 1. The van der Waals surface area contributed by atoms with Gasteiger partial charge in [-0.1, -0.05) is 17.4 Å². The summed E-state index contributed by atoms with van der Waals surface area (Å²) in [5, 5.41) is 0.563. The maximum Gasteiger partial charge on any atom is 0.229 e. The Hall–Kier alpha value is -1.20. The predicted octanol–water partition coefficient (Wildman–Crippen LogP) is 3.03. The van der Waals surface area contributed by atoms with Crippen LogP contribution in [0, 0.1) is 11.7 Å². The second-order valence-electron chi connectivity index (χ2n) is 4.31. The summed E-state index contributed by atoms with van der Waals surface area (Å²) in [5.74, 6) is 0.285. The molecule has 1 fully saturated rings. The molecule has 0 spiro atoms. The van der Waals surface area contributed by atoms with Gasteiger partial charge in [0.1, 0.15) is 11.3 Å². The molecule has 1 saturated heterocycles. The summed E-state index contributed by atoms with van der Waals surface area (Å²) in [7, 11) is 0. The van der Waals surface area contributed by atoms with E-state index in [2.05, 4.69) is 4.98 Å². The third-order valence-corrected chi connectivity index (χ3v) is 4.49. The first kappa shape index (κ1) is 11.9. The molecule has 1 amide bonds. The molecule has 0 bridgehead atoms. The minimum atomic E-state index is -0.351. The molecule has 1 aromatic carbocycles. The van der Waals surface area contributed by atoms with E-state index in [1.54, 1.807) is 17.0 Å². The SMILES string of the molecule is O=C1CC(CCl)CN1c1nc2c(F)cccc2s1. The molecule has 3 nitrogen and oxygen atoms in total. The van der Waals surface area contributed by atoms with Crippen molar-refractivity contribution in [2.45, 2.75) is 6.42 Å². The number of benzene rings is 1. The highest BCUT2D eigenvalue weighted by Crippen LogP contribution is 2.33. The molecular formula is C12H10ClFN2OS. The summed E-state index contributed by atoms with van der Waals surface area (Å²) < 4.78 is 14.3. The van der Waals surface area contributed by atoms with Crippen LogP contribution in [0.5, 0.6) is 0 Å². The van der Waals surface area contributed by atoms with Crippen LogP contribution < -0.4 is 4.90 Å². The molecule has 0 saturated carbocycles. The van der Waals surface area contributed by atoms with Gasteiger partial charge in [0, 0.05) is 18.8 Å². The lowest BCUT2D eigenvalue weighted by atomic mass is 10.2. The number of halogens is 2. The Labute approximate surface area is 112 Å². The average Bonchev–Trinajstić information content (AvgIpc) is 2.93. The Morgan fingerprint density at radius 1 is 1.56 bits per heavy atom. The highest BCUT2D eigenvalue weighted by Gasteiger charge is 2.32. The molecule has 18 heavy (non-hydrogen) atoms. The van der Waals surface area contributed by atoms with Crippen molar-refractivity contribution in [2.75, 3.05) is 17.3 Å². The zero-order valence-electron chi connectivity index (χ0n) is 9.40. The van der Waals surface area contributed by atoms with Gasteiger partial charge in [-0.2, -0.15) is 0 Å². The third-order valence-electron chi connectivity index (χ3n) is 3.01. The van der Waals surface area contributed by atoms with Crippen molar-refractivity contribution in [2.24, 2.45) is 5.92 Å². The number of nitrogens with zero attached hydrogens (tertiary/aromatic N) is 2. The lowest BCUT2D eigenvalue weighted by Crippen LogP contribution is -2.24. The molecule has 1 unspecified atom stereocenters. The molecule has 0 aliphatic carbocycles. The van der Waals surface area contributed by atoms with E-state index in [4.69, 9.17) is 11.6 Å². The van der Waals surface area contributed by atoms with E-state index in [0.717, 1.165) is 4.70 Å². The molecule has 94 valence electrons. The van der Waals surface area contributed by atoms with Gasteiger partial charge in [-0.3, -0.25) is 9.69 Å². The van der Waals surface area contributed by atoms with Crippen LogP contribution in [0.15, 0.2) is 18.2 Å². The normalized spacial score (nSPS) is 20.0. The Bertz CT molecular complexity index is 615. The molecule has 2 heterocycles. The van der Waals surface area contributed by atoms with Crippen molar-refractivity contribution >= 4 is 44.2 Å². The maximum absolute atomic E-state index is 13.5. The van der Waals surface area contributed by atoms with Crippen molar-refractivity contribution in [1.82, 2.24) is 4.98 Å². The number of rotatable bonds is 2. The summed E-state index contributed by atoms with van der Waals surface area (Å²) in [4.78, 5) is 17.7. The van der Waals surface area contributed by atoms with Crippen LogP contribution in [0.3, 0.4) is 0 Å². The number of aromatic nitrogens is 1. The fourth-order valence-electron chi connectivity index (χ4n) is 2.09. The number of anilines is 1. The Balaban J connectivity index is 2.00. The van der Waals surface area contributed by atoms with Crippen molar-refractivity contribution in [3.8, 4) is 0 Å². The van der Waals surface area contributed by atoms with E-state index < -0.39 is 0 Å². The third kappa shape index (κ3) is 1.87. The van der Waals surface area contributed by atoms with Gasteiger partial charge < -0.3 is 0 Å². The van der Waals surface area contributed by atoms with Gasteiger partial charge in [0.05, 0.1) is 4.70 Å². The van der Waals surface area contributed by atoms with Gasteiger partial charge in [0.25, 0.3) is 0 Å². The van der Waals surface area contributed by atoms with Gasteiger partial charge in [0.15, 0.2) is 5.13 Å². The van der Waals surface area contributed by atoms with E-state index >= 15 is 0 Å². The first-order valence-electron chi connectivity index (χ1n) is 5.60. The fourth-order valence-corrected chi connectivity index (χ4v) is 3.30. The molecule has 2 aromatic rings. The van der Waals surface area contributed by atoms with Gasteiger partial charge in [-0.25, -0.2) is 9.37 Å². The van der Waals surface area contributed by atoms with Gasteiger partial charge in [-0.15, -0.1) is 11.6 Å². The summed E-state index contributed by atoms with van der Waals surface area (Å²) in [6, 6.07) is 4.82. The first-order chi connectivity index (χ1) is 8.69. The van der Waals surface area contributed by atoms with E-state index in [1.165, 1.54) is 17.4 Å². The first-order valence-corrected chi connectivity index (χ1v) is 6.95. The number of para-hydroxylation sites is 1. The van der Waals surface area contributed by atoms with Crippen molar-refractivity contribution in [1.29, 1.82) is 0 Å². The largest absolute Gasteiger partial charge is 0.288 e. The molecule has 3 rings (SSSR count). The van der Waals surface area contributed by atoms with E-state index in [-0.39, 0.29) is 17.6 Å². The van der Waals surface area contributed by atoms with Crippen LogP contribution in [0.4, 0.5) is 9.52 Å². The number of alkyl halides is 1. The Morgan fingerprint density at radius 3 is 3.06 bits per heavy atom. The summed E-state index contributed by atoms with van der Waals surface area (Å²) >= 11 is 7.11. The zero-order chi connectivity index (χ0) is 12.7. The quantitative estimate of drug-likeness (QED) is 0.794. The maximum atomic E-state index is 13.5. The zero-order valence-corrected chi connectivity index (χ0v) is 11.0. The van der Waals surface area contributed by atoms with Gasteiger partial charge >= 0.3 is 0 Å². The summed E-state index contributed by atoms with van der Waals surface area (Å²) in [5.41, 5.74) is 0.333. The van der Waals surface area contributed by atoms with Crippen LogP contribution in [0.25, 0.3) is 10.2 Å². The predicted molar refractivity (Wildman–Crippen MR) is 70.8 cm³/mol. The van der Waals surface area contributed by atoms with E-state index in [9.17, 15) is 9.18 Å². The monoisotopic (exact) mass is 284 g/mol. The second kappa shape index (κ2) is 4.48. The van der Waals surface area contributed by atoms with Crippen LogP contribution in [-0.2, 0) is 4.79 Å². The van der Waals surface area contributed by atoms with Crippen molar-refractivity contribution in [3.63, 3.8) is 0 Å². The van der Waals surface area contributed by atoms with E-state index in [1.807, 2.05) is 0 Å². The molecule has 0 N–H and O–H groups in total. The van der Waals surface area contributed by atoms with Crippen LogP contribution in [0.1, 0.15) is 6.42 Å². The van der Waals surface area contributed by atoms with Crippen LogP contribution >= 0.6 is 22.9 Å². The van der Waals surface area contributed by atoms with Gasteiger partial charge in [0.2, 0.25) is 5.91 Å². The highest BCUT2D eigenvalue weighted by molar-refractivity contribution is 7.22.